The standard InChI is InChI=1S/C15H23BrN2O2/c1-4-13(17)9-11-8-12(16)7-10(2)15(11)20-6-5-14(19)18-3/h7-8,13H,4-6,9,17H2,1-3H3,(H,18,19). The highest BCUT2D eigenvalue weighted by atomic mass is 79.9. The maximum Gasteiger partial charge on any atom is 0.223 e. The van der Waals surface area contributed by atoms with Gasteiger partial charge in [-0.15, -0.1) is 0 Å². The number of hydrogen-bond donors (Lipinski definition) is 2. The number of nitrogens with one attached hydrogen (secondary N) is 1. The smallest absolute Gasteiger partial charge is 0.223 e. The Hall–Kier alpha value is -1.07. The van der Waals surface area contributed by atoms with E-state index in [4.69, 9.17) is 10.5 Å². The van der Waals surface area contributed by atoms with Crippen molar-refractivity contribution in [3.8, 4) is 5.75 Å². The molecule has 1 amide bonds. The van der Waals surface area contributed by atoms with Gasteiger partial charge < -0.3 is 15.8 Å². The van der Waals surface area contributed by atoms with Crippen molar-refractivity contribution in [2.45, 2.75) is 39.2 Å². The lowest BCUT2D eigenvalue weighted by atomic mass is 10.0. The molecule has 20 heavy (non-hydrogen) atoms. The first-order valence-electron chi connectivity index (χ1n) is 6.85. The van der Waals surface area contributed by atoms with Crippen LogP contribution in [0.25, 0.3) is 0 Å². The van der Waals surface area contributed by atoms with E-state index < -0.39 is 0 Å². The predicted molar refractivity (Wildman–Crippen MR) is 85.0 cm³/mol. The summed E-state index contributed by atoms with van der Waals surface area (Å²) in [5.74, 6) is 0.826. The van der Waals surface area contributed by atoms with E-state index in [0.29, 0.717) is 13.0 Å². The van der Waals surface area contributed by atoms with E-state index in [1.807, 2.05) is 19.1 Å². The zero-order valence-corrected chi connectivity index (χ0v) is 13.9. The van der Waals surface area contributed by atoms with Gasteiger partial charge in [0.05, 0.1) is 13.0 Å². The number of halogens is 1. The Labute approximate surface area is 129 Å². The van der Waals surface area contributed by atoms with E-state index in [2.05, 4.69) is 28.2 Å². The number of ether oxygens (including phenoxy) is 1. The van der Waals surface area contributed by atoms with E-state index in [1.165, 1.54) is 0 Å². The highest BCUT2D eigenvalue weighted by Gasteiger charge is 2.12. The van der Waals surface area contributed by atoms with Crippen LogP contribution in [0.4, 0.5) is 0 Å². The van der Waals surface area contributed by atoms with Gasteiger partial charge in [-0.25, -0.2) is 0 Å². The van der Waals surface area contributed by atoms with Gasteiger partial charge in [0.15, 0.2) is 0 Å². The molecule has 0 heterocycles. The van der Waals surface area contributed by atoms with Gasteiger partial charge in [-0.3, -0.25) is 4.79 Å². The van der Waals surface area contributed by atoms with E-state index >= 15 is 0 Å². The number of aryl methyl sites for hydroxylation is 1. The predicted octanol–water partition coefficient (Wildman–Crippen LogP) is 2.55. The Kier molecular flexibility index (Phi) is 7.02. The van der Waals surface area contributed by atoms with Crippen molar-refractivity contribution in [1.82, 2.24) is 5.32 Å². The third-order valence-electron chi connectivity index (χ3n) is 3.18. The van der Waals surface area contributed by atoms with Crippen molar-refractivity contribution < 1.29 is 9.53 Å². The first-order chi connectivity index (χ1) is 9.47. The van der Waals surface area contributed by atoms with E-state index in [9.17, 15) is 4.79 Å². The molecular weight excluding hydrogens is 320 g/mol. The quantitative estimate of drug-likeness (QED) is 0.800. The van der Waals surface area contributed by atoms with E-state index in [-0.39, 0.29) is 11.9 Å². The first kappa shape index (κ1) is 17.0. The molecule has 0 aliphatic rings. The van der Waals surface area contributed by atoms with Crippen LogP contribution in [0.5, 0.6) is 5.75 Å². The topological polar surface area (TPSA) is 64.3 Å². The summed E-state index contributed by atoms with van der Waals surface area (Å²) in [6.45, 7) is 4.44. The number of nitrogens with two attached hydrogens (primary N) is 1. The van der Waals surface area contributed by atoms with Gasteiger partial charge in [-0.2, -0.15) is 0 Å². The Bertz CT molecular complexity index is 463. The van der Waals surface area contributed by atoms with Crippen LogP contribution < -0.4 is 15.8 Å². The van der Waals surface area contributed by atoms with Gasteiger partial charge in [0.1, 0.15) is 5.75 Å². The second-order valence-electron chi connectivity index (χ2n) is 4.86. The van der Waals surface area contributed by atoms with Gasteiger partial charge in [0.2, 0.25) is 5.91 Å². The van der Waals surface area contributed by atoms with Crippen molar-refractivity contribution in [1.29, 1.82) is 0 Å². The molecule has 0 spiro atoms. The van der Waals surface area contributed by atoms with Crippen molar-refractivity contribution in [3.05, 3.63) is 27.7 Å². The molecule has 1 unspecified atom stereocenters. The van der Waals surface area contributed by atoms with Crippen molar-refractivity contribution in [2.24, 2.45) is 5.73 Å². The molecule has 3 N–H and O–H groups in total. The molecule has 5 heteroatoms. The molecule has 1 rings (SSSR count). The molecule has 0 radical (unpaired) electrons. The molecule has 0 fully saturated rings. The lowest BCUT2D eigenvalue weighted by Crippen LogP contribution is -2.23. The van der Waals surface area contributed by atoms with Crippen molar-refractivity contribution in [3.63, 3.8) is 0 Å². The molecule has 4 nitrogen and oxygen atoms in total. The summed E-state index contributed by atoms with van der Waals surface area (Å²) in [6.07, 6.45) is 2.04. The van der Waals surface area contributed by atoms with Crippen LogP contribution in [0.15, 0.2) is 16.6 Å². The molecule has 0 saturated carbocycles. The number of benzene rings is 1. The summed E-state index contributed by atoms with van der Waals surface area (Å²) in [4.78, 5) is 11.2. The van der Waals surface area contributed by atoms with Crippen molar-refractivity contribution in [2.75, 3.05) is 13.7 Å². The van der Waals surface area contributed by atoms with Gasteiger partial charge in [-0.05, 0) is 43.0 Å². The SMILES string of the molecule is CCC(N)Cc1cc(Br)cc(C)c1OCCC(=O)NC. The van der Waals surface area contributed by atoms with Crippen LogP contribution in [-0.4, -0.2) is 25.6 Å². The Morgan fingerprint density at radius 2 is 2.20 bits per heavy atom. The molecule has 1 aromatic carbocycles. The van der Waals surface area contributed by atoms with Crippen LogP contribution in [0.3, 0.4) is 0 Å². The monoisotopic (exact) mass is 342 g/mol. The Balaban J connectivity index is 2.83. The number of carbonyl (C=O) groups excluding carboxylic acids is 1. The number of carbonyl (C=O) groups is 1. The second kappa shape index (κ2) is 8.27. The fourth-order valence-electron chi connectivity index (χ4n) is 1.96. The second-order valence-corrected chi connectivity index (χ2v) is 5.77. The maximum absolute atomic E-state index is 11.2. The average Bonchev–Trinajstić information content (AvgIpc) is 2.41. The first-order valence-corrected chi connectivity index (χ1v) is 7.65. The third kappa shape index (κ3) is 5.13. The van der Waals surface area contributed by atoms with Gasteiger partial charge in [-0.1, -0.05) is 22.9 Å². The fourth-order valence-corrected chi connectivity index (χ4v) is 2.57. The van der Waals surface area contributed by atoms with Crippen LogP contribution in [0.1, 0.15) is 30.9 Å². The molecule has 112 valence electrons. The van der Waals surface area contributed by atoms with Gasteiger partial charge in [0.25, 0.3) is 0 Å². The normalized spacial score (nSPS) is 12.1. The zero-order chi connectivity index (χ0) is 15.1. The highest BCUT2D eigenvalue weighted by Crippen LogP contribution is 2.29. The lowest BCUT2D eigenvalue weighted by Gasteiger charge is -2.17. The van der Waals surface area contributed by atoms with Crippen LogP contribution in [-0.2, 0) is 11.2 Å². The van der Waals surface area contributed by atoms with E-state index in [0.717, 1.165) is 34.2 Å². The minimum Gasteiger partial charge on any atom is -0.492 e. The summed E-state index contributed by atoms with van der Waals surface area (Å²) in [5.41, 5.74) is 8.17. The summed E-state index contributed by atoms with van der Waals surface area (Å²) in [7, 11) is 1.62. The molecule has 0 aliphatic heterocycles. The van der Waals surface area contributed by atoms with Gasteiger partial charge >= 0.3 is 0 Å². The fraction of sp³-hybridized carbons (Fsp3) is 0.533. The summed E-state index contributed by atoms with van der Waals surface area (Å²) < 4.78 is 6.82. The Morgan fingerprint density at radius 3 is 2.80 bits per heavy atom. The molecular formula is C15H23BrN2O2. The highest BCUT2D eigenvalue weighted by molar-refractivity contribution is 9.10. The maximum atomic E-state index is 11.2. The number of hydrogen-bond acceptors (Lipinski definition) is 3. The number of rotatable bonds is 7. The molecule has 1 atom stereocenters. The van der Waals surface area contributed by atoms with Crippen LogP contribution in [0, 0.1) is 6.92 Å². The minimum atomic E-state index is -0.0217. The van der Waals surface area contributed by atoms with Crippen LogP contribution >= 0.6 is 15.9 Å². The minimum absolute atomic E-state index is 0.0217. The van der Waals surface area contributed by atoms with Crippen LogP contribution in [0.2, 0.25) is 0 Å². The molecule has 1 aromatic rings. The summed E-state index contributed by atoms with van der Waals surface area (Å²) in [5, 5.41) is 2.58. The average molecular weight is 343 g/mol. The van der Waals surface area contributed by atoms with E-state index in [1.54, 1.807) is 7.05 Å². The summed E-state index contributed by atoms with van der Waals surface area (Å²) in [6, 6.07) is 4.17. The zero-order valence-electron chi connectivity index (χ0n) is 12.3. The Morgan fingerprint density at radius 1 is 1.50 bits per heavy atom. The molecule has 0 bridgehead atoms. The molecule has 0 aromatic heterocycles. The largest absolute Gasteiger partial charge is 0.492 e. The number of amides is 1. The molecule has 0 aliphatic carbocycles. The van der Waals surface area contributed by atoms with Crippen molar-refractivity contribution >= 4 is 21.8 Å². The third-order valence-corrected chi connectivity index (χ3v) is 3.64. The summed E-state index contributed by atoms with van der Waals surface area (Å²) >= 11 is 3.50. The van der Waals surface area contributed by atoms with Gasteiger partial charge in [0, 0.05) is 17.6 Å². The lowest BCUT2D eigenvalue weighted by molar-refractivity contribution is -0.121. The molecule has 0 saturated heterocycles.